The lowest BCUT2D eigenvalue weighted by Gasteiger charge is -2.07. The normalized spacial score (nSPS) is 10.3. The number of hydrogen-bond donors (Lipinski definition) is 1. The molecule has 2 aromatic rings. The molecular weight excluding hydrogens is 389 g/mol. The maximum atomic E-state index is 12.8. The van der Waals surface area contributed by atoms with Crippen molar-refractivity contribution in [1.29, 1.82) is 0 Å². The first-order valence-corrected chi connectivity index (χ1v) is 9.95. The van der Waals surface area contributed by atoms with E-state index in [-0.39, 0.29) is 18.6 Å². The van der Waals surface area contributed by atoms with E-state index in [1.807, 2.05) is 0 Å². The third-order valence-electron chi connectivity index (χ3n) is 4.24. The van der Waals surface area contributed by atoms with Crippen molar-refractivity contribution in [2.24, 2.45) is 0 Å². The molecule has 0 aromatic heterocycles. The molecule has 0 saturated heterocycles. The van der Waals surface area contributed by atoms with Crippen LogP contribution >= 0.6 is 0 Å². The van der Waals surface area contributed by atoms with E-state index >= 15 is 0 Å². The highest BCUT2D eigenvalue weighted by atomic mass is 19.1. The minimum Gasteiger partial charge on any atom is -0.494 e. The molecule has 6 nitrogen and oxygen atoms in total. The van der Waals surface area contributed by atoms with E-state index < -0.39 is 24.3 Å². The molecule has 2 aromatic carbocycles. The summed E-state index contributed by atoms with van der Waals surface area (Å²) in [6.07, 6.45) is 3.08. The Hall–Kier alpha value is -3.22. The lowest BCUT2D eigenvalue weighted by atomic mass is 10.1. The summed E-state index contributed by atoms with van der Waals surface area (Å²) in [6.45, 7) is 2.29. The highest BCUT2D eigenvalue weighted by Gasteiger charge is 2.12. The number of nitrogens with one attached hydrogen (secondary N) is 1. The average Bonchev–Trinajstić information content (AvgIpc) is 2.75. The second-order valence-electron chi connectivity index (χ2n) is 6.72. The second kappa shape index (κ2) is 12.4. The Bertz CT molecular complexity index is 834. The maximum absolute atomic E-state index is 12.8. The predicted octanol–water partition coefficient (Wildman–Crippen LogP) is 4.54. The van der Waals surface area contributed by atoms with Gasteiger partial charge in [-0.15, -0.1) is 0 Å². The first-order valence-electron chi connectivity index (χ1n) is 9.95. The fourth-order valence-corrected chi connectivity index (χ4v) is 2.59. The summed E-state index contributed by atoms with van der Waals surface area (Å²) >= 11 is 0. The summed E-state index contributed by atoms with van der Waals surface area (Å²) in [5.41, 5.74) is 0.878. The van der Waals surface area contributed by atoms with Gasteiger partial charge in [0.15, 0.2) is 12.4 Å². The van der Waals surface area contributed by atoms with Gasteiger partial charge in [0, 0.05) is 17.7 Å². The van der Waals surface area contributed by atoms with E-state index in [2.05, 4.69) is 12.2 Å². The summed E-state index contributed by atoms with van der Waals surface area (Å²) < 4.78 is 23.3. The lowest BCUT2D eigenvalue weighted by Crippen LogP contribution is -2.21. The molecule has 1 amide bonds. The number of esters is 1. The fraction of sp³-hybridized carbons (Fsp3) is 0.348. The van der Waals surface area contributed by atoms with Gasteiger partial charge < -0.3 is 14.8 Å². The number of unbranched alkanes of at least 4 members (excludes halogenated alkanes) is 2. The smallest absolute Gasteiger partial charge is 0.306 e. The summed E-state index contributed by atoms with van der Waals surface area (Å²) in [5, 5.41) is 2.48. The molecule has 0 spiro atoms. The second-order valence-corrected chi connectivity index (χ2v) is 6.72. The number of Topliss-reactive ketones (excluding diaryl/α,β-unsaturated/α-hetero) is 1. The van der Waals surface area contributed by atoms with E-state index in [4.69, 9.17) is 9.47 Å². The number of benzene rings is 2. The third kappa shape index (κ3) is 8.43. The first-order chi connectivity index (χ1) is 14.5. The number of halogens is 1. The van der Waals surface area contributed by atoms with Crippen molar-refractivity contribution in [1.82, 2.24) is 0 Å². The Labute approximate surface area is 175 Å². The number of carbonyl (C=O) groups is 3. The minimum atomic E-state index is -0.645. The number of ether oxygens (including phenoxy) is 2. The fourth-order valence-electron chi connectivity index (χ4n) is 2.59. The Balaban J connectivity index is 1.67. The van der Waals surface area contributed by atoms with Crippen LogP contribution in [0, 0.1) is 5.82 Å². The minimum absolute atomic E-state index is 0.0187. The van der Waals surface area contributed by atoms with Crippen LogP contribution in [0.25, 0.3) is 0 Å². The molecule has 0 aliphatic heterocycles. The van der Waals surface area contributed by atoms with Crippen LogP contribution in [0.1, 0.15) is 49.4 Å². The van der Waals surface area contributed by atoms with Gasteiger partial charge in [-0.25, -0.2) is 4.39 Å². The van der Waals surface area contributed by atoms with Crippen LogP contribution in [0.15, 0.2) is 48.5 Å². The van der Waals surface area contributed by atoms with Gasteiger partial charge in [-0.3, -0.25) is 14.4 Å². The summed E-state index contributed by atoms with van der Waals surface area (Å²) in [6, 6.07) is 12.0. The first kappa shape index (κ1) is 23.1. The molecule has 0 aliphatic rings. The lowest BCUT2D eigenvalue weighted by molar-refractivity contribution is -0.147. The van der Waals surface area contributed by atoms with E-state index in [0.717, 1.165) is 19.3 Å². The molecule has 7 heteroatoms. The van der Waals surface area contributed by atoms with Gasteiger partial charge >= 0.3 is 5.97 Å². The van der Waals surface area contributed by atoms with Crippen LogP contribution in [-0.4, -0.2) is 30.9 Å². The van der Waals surface area contributed by atoms with Crippen molar-refractivity contribution in [3.05, 3.63) is 59.9 Å². The summed E-state index contributed by atoms with van der Waals surface area (Å²) in [5.74, 6) is -1.10. The molecule has 0 aliphatic carbocycles. The van der Waals surface area contributed by atoms with Crippen LogP contribution in [0.3, 0.4) is 0 Å². The Morgan fingerprint density at radius 1 is 0.933 bits per heavy atom. The van der Waals surface area contributed by atoms with Crippen molar-refractivity contribution in [3.8, 4) is 5.75 Å². The number of ketones is 1. The highest BCUT2D eigenvalue weighted by Crippen LogP contribution is 2.15. The molecule has 1 N–H and O–H groups in total. The van der Waals surface area contributed by atoms with Crippen molar-refractivity contribution < 1.29 is 28.2 Å². The largest absolute Gasteiger partial charge is 0.494 e. The summed E-state index contributed by atoms with van der Waals surface area (Å²) in [7, 11) is 0. The molecule has 2 rings (SSSR count). The SMILES string of the molecule is CCCCCOc1ccc(C(=O)CCC(=O)OCC(=O)Nc2ccc(F)cc2)cc1. The topological polar surface area (TPSA) is 81.7 Å². The predicted molar refractivity (Wildman–Crippen MR) is 111 cm³/mol. The molecule has 0 atom stereocenters. The van der Waals surface area contributed by atoms with Gasteiger partial charge in [-0.2, -0.15) is 0 Å². The van der Waals surface area contributed by atoms with Crippen molar-refractivity contribution in [2.75, 3.05) is 18.5 Å². The van der Waals surface area contributed by atoms with Gasteiger partial charge in [0.25, 0.3) is 5.91 Å². The number of carbonyl (C=O) groups excluding carboxylic acids is 3. The third-order valence-corrected chi connectivity index (χ3v) is 4.24. The number of rotatable bonds is 12. The maximum Gasteiger partial charge on any atom is 0.306 e. The van der Waals surface area contributed by atoms with Crippen molar-refractivity contribution in [2.45, 2.75) is 39.0 Å². The van der Waals surface area contributed by atoms with E-state index in [1.165, 1.54) is 24.3 Å². The molecule has 160 valence electrons. The van der Waals surface area contributed by atoms with Gasteiger partial charge in [0.1, 0.15) is 11.6 Å². The molecule has 0 bridgehead atoms. The quantitative estimate of drug-likeness (QED) is 0.313. The van der Waals surface area contributed by atoms with Gasteiger partial charge in [0.05, 0.1) is 13.0 Å². The Morgan fingerprint density at radius 3 is 2.30 bits per heavy atom. The molecule has 0 unspecified atom stereocenters. The number of amides is 1. The number of hydrogen-bond acceptors (Lipinski definition) is 5. The van der Waals surface area contributed by atoms with Crippen LogP contribution in [-0.2, 0) is 14.3 Å². The standard InChI is InChI=1S/C23H26FNO5/c1-2-3-4-15-29-20-11-5-17(6-12-20)21(26)13-14-23(28)30-16-22(27)25-19-9-7-18(24)8-10-19/h5-12H,2-4,13-16H2,1H3,(H,25,27). The molecule has 30 heavy (non-hydrogen) atoms. The molecular formula is C23H26FNO5. The van der Waals surface area contributed by atoms with Crippen LogP contribution in [0.5, 0.6) is 5.75 Å². The zero-order chi connectivity index (χ0) is 21.8. The zero-order valence-electron chi connectivity index (χ0n) is 17.0. The van der Waals surface area contributed by atoms with E-state index in [0.29, 0.717) is 23.6 Å². The Kier molecular flexibility index (Phi) is 9.51. The van der Waals surface area contributed by atoms with E-state index in [1.54, 1.807) is 24.3 Å². The highest BCUT2D eigenvalue weighted by molar-refractivity contribution is 5.98. The number of anilines is 1. The van der Waals surface area contributed by atoms with Crippen molar-refractivity contribution >= 4 is 23.3 Å². The van der Waals surface area contributed by atoms with Crippen LogP contribution in [0.4, 0.5) is 10.1 Å². The molecule has 0 radical (unpaired) electrons. The monoisotopic (exact) mass is 415 g/mol. The average molecular weight is 415 g/mol. The zero-order valence-corrected chi connectivity index (χ0v) is 17.0. The Morgan fingerprint density at radius 2 is 1.63 bits per heavy atom. The van der Waals surface area contributed by atoms with Crippen molar-refractivity contribution in [3.63, 3.8) is 0 Å². The summed E-state index contributed by atoms with van der Waals surface area (Å²) in [4.78, 5) is 35.7. The van der Waals surface area contributed by atoms with Crippen LogP contribution in [0.2, 0.25) is 0 Å². The van der Waals surface area contributed by atoms with Gasteiger partial charge in [-0.1, -0.05) is 19.8 Å². The van der Waals surface area contributed by atoms with Gasteiger partial charge in [-0.05, 0) is 55.0 Å². The molecule has 0 heterocycles. The van der Waals surface area contributed by atoms with Crippen LogP contribution < -0.4 is 10.1 Å². The molecule has 0 saturated carbocycles. The van der Waals surface area contributed by atoms with Gasteiger partial charge in [0.2, 0.25) is 0 Å². The molecule has 0 fully saturated rings. The van der Waals surface area contributed by atoms with E-state index in [9.17, 15) is 18.8 Å².